The molecule has 2 heterocycles. The number of hydrogen-bond donors (Lipinski definition) is 1. The molecule has 0 atom stereocenters. The van der Waals surface area contributed by atoms with Crippen molar-refractivity contribution in [2.75, 3.05) is 18.9 Å². The second kappa shape index (κ2) is 5.04. The van der Waals surface area contributed by atoms with E-state index in [1.807, 2.05) is 6.92 Å². The molecule has 0 saturated heterocycles. The van der Waals surface area contributed by atoms with Gasteiger partial charge in [-0.15, -0.1) is 11.3 Å². The maximum Gasteiger partial charge on any atom is 0.277 e. The van der Waals surface area contributed by atoms with Gasteiger partial charge in [0.2, 0.25) is 0 Å². The first-order valence-electron chi connectivity index (χ1n) is 4.91. The van der Waals surface area contributed by atoms with Crippen molar-refractivity contribution in [3.05, 3.63) is 11.2 Å². The zero-order valence-electron chi connectivity index (χ0n) is 8.84. The van der Waals surface area contributed by atoms with Gasteiger partial charge in [0.05, 0.1) is 6.61 Å². The van der Waals surface area contributed by atoms with Crippen molar-refractivity contribution in [2.45, 2.75) is 13.3 Å². The van der Waals surface area contributed by atoms with Crippen LogP contribution in [0.5, 0.6) is 0 Å². The number of anilines is 1. The summed E-state index contributed by atoms with van der Waals surface area (Å²) >= 11 is 1.34. The Hall–Kier alpha value is -1.47. The molecule has 2 aromatic rings. The van der Waals surface area contributed by atoms with Crippen LogP contribution in [0.15, 0.2) is 9.90 Å². The minimum atomic E-state index is 0.402. The van der Waals surface area contributed by atoms with E-state index in [9.17, 15) is 0 Å². The van der Waals surface area contributed by atoms with Gasteiger partial charge >= 0.3 is 0 Å². The zero-order valence-corrected chi connectivity index (χ0v) is 9.66. The molecule has 0 aliphatic carbocycles. The molecule has 7 heteroatoms. The van der Waals surface area contributed by atoms with Crippen molar-refractivity contribution >= 4 is 16.5 Å². The Kier molecular flexibility index (Phi) is 3.47. The Morgan fingerprint density at radius 3 is 3.06 bits per heavy atom. The number of hydrogen-bond acceptors (Lipinski definition) is 7. The summed E-state index contributed by atoms with van der Waals surface area (Å²) in [7, 11) is 0. The van der Waals surface area contributed by atoms with Crippen LogP contribution in [0.3, 0.4) is 0 Å². The van der Waals surface area contributed by atoms with Gasteiger partial charge in [-0.25, -0.2) is 4.98 Å². The molecule has 0 bridgehead atoms. The third-order valence-electron chi connectivity index (χ3n) is 1.88. The number of nitrogens with zero attached hydrogens (tertiary/aromatic N) is 3. The lowest BCUT2D eigenvalue weighted by Gasteiger charge is -1.94. The fourth-order valence-corrected chi connectivity index (χ4v) is 1.69. The normalized spacial score (nSPS) is 10.8. The van der Waals surface area contributed by atoms with Crippen molar-refractivity contribution in [3.8, 4) is 11.6 Å². The molecule has 0 radical (unpaired) electrons. The molecule has 16 heavy (non-hydrogen) atoms. The van der Waals surface area contributed by atoms with Gasteiger partial charge in [0, 0.05) is 18.4 Å². The van der Waals surface area contributed by atoms with E-state index in [0.29, 0.717) is 42.2 Å². The van der Waals surface area contributed by atoms with E-state index in [1.54, 1.807) is 5.38 Å². The summed E-state index contributed by atoms with van der Waals surface area (Å²) in [6, 6.07) is 0. The van der Waals surface area contributed by atoms with Crippen molar-refractivity contribution in [1.82, 2.24) is 15.1 Å². The fraction of sp³-hybridized carbons (Fsp3) is 0.444. The van der Waals surface area contributed by atoms with Crippen LogP contribution in [0.2, 0.25) is 0 Å². The second-order valence-electron chi connectivity index (χ2n) is 3.03. The predicted molar refractivity (Wildman–Crippen MR) is 60.0 cm³/mol. The SMILES string of the molecule is CCOCCc1noc(-c2csc(N)n2)n1. The highest BCUT2D eigenvalue weighted by atomic mass is 32.1. The maximum absolute atomic E-state index is 5.52. The topological polar surface area (TPSA) is 87.1 Å². The summed E-state index contributed by atoms with van der Waals surface area (Å²) < 4.78 is 10.3. The van der Waals surface area contributed by atoms with Gasteiger partial charge < -0.3 is 15.0 Å². The standard InChI is InChI=1S/C9H12N4O2S/c1-2-14-4-3-7-12-8(15-13-7)6-5-16-9(10)11-6/h5H,2-4H2,1H3,(H2,10,11). The fourth-order valence-electron chi connectivity index (χ4n) is 1.15. The Bertz CT molecular complexity index is 454. The van der Waals surface area contributed by atoms with E-state index >= 15 is 0 Å². The highest BCUT2D eigenvalue weighted by Crippen LogP contribution is 2.21. The Morgan fingerprint density at radius 1 is 1.50 bits per heavy atom. The summed E-state index contributed by atoms with van der Waals surface area (Å²) in [5.74, 6) is 1.02. The molecule has 0 aliphatic rings. The first kappa shape index (κ1) is 11.0. The van der Waals surface area contributed by atoms with E-state index in [4.69, 9.17) is 15.0 Å². The number of aromatic nitrogens is 3. The van der Waals surface area contributed by atoms with Crippen molar-refractivity contribution in [1.29, 1.82) is 0 Å². The van der Waals surface area contributed by atoms with Crippen LogP contribution in [-0.2, 0) is 11.2 Å². The molecule has 2 rings (SSSR count). The molecule has 6 nitrogen and oxygen atoms in total. The van der Waals surface area contributed by atoms with Crippen LogP contribution >= 0.6 is 11.3 Å². The lowest BCUT2D eigenvalue weighted by atomic mass is 10.4. The molecule has 0 unspecified atom stereocenters. The molecule has 0 aliphatic heterocycles. The molecule has 2 aromatic heterocycles. The summed E-state index contributed by atoms with van der Waals surface area (Å²) in [5.41, 5.74) is 6.14. The minimum absolute atomic E-state index is 0.402. The number of nitrogen functional groups attached to an aromatic ring is 1. The van der Waals surface area contributed by atoms with Gasteiger partial charge in [-0.3, -0.25) is 0 Å². The summed E-state index contributed by atoms with van der Waals surface area (Å²) in [6.45, 7) is 3.22. The number of rotatable bonds is 5. The molecular formula is C9H12N4O2S. The minimum Gasteiger partial charge on any atom is -0.381 e. The van der Waals surface area contributed by atoms with E-state index in [0.717, 1.165) is 0 Å². The Balaban J connectivity index is 2.02. The maximum atomic E-state index is 5.52. The highest BCUT2D eigenvalue weighted by molar-refractivity contribution is 7.13. The van der Waals surface area contributed by atoms with Crippen LogP contribution in [0, 0.1) is 0 Å². The highest BCUT2D eigenvalue weighted by Gasteiger charge is 2.11. The van der Waals surface area contributed by atoms with Gasteiger partial charge in [0.15, 0.2) is 11.0 Å². The average Bonchev–Trinajstić information content (AvgIpc) is 2.87. The van der Waals surface area contributed by atoms with Gasteiger partial charge in [-0.1, -0.05) is 5.16 Å². The summed E-state index contributed by atoms with van der Waals surface area (Å²) in [4.78, 5) is 8.26. The molecule has 2 N–H and O–H groups in total. The average molecular weight is 240 g/mol. The second-order valence-corrected chi connectivity index (χ2v) is 3.92. The molecule has 0 aromatic carbocycles. The van der Waals surface area contributed by atoms with Crippen molar-refractivity contribution < 1.29 is 9.26 Å². The third-order valence-corrected chi connectivity index (χ3v) is 2.56. The van der Waals surface area contributed by atoms with Gasteiger partial charge in [-0.05, 0) is 6.92 Å². The third kappa shape index (κ3) is 2.56. The van der Waals surface area contributed by atoms with E-state index in [-0.39, 0.29) is 0 Å². The number of thiazole rings is 1. The molecule has 0 fully saturated rings. The molecule has 0 amide bonds. The van der Waals surface area contributed by atoms with Crippen LogP contribution in [0.1, 0.15) is 12.7 Å². The first-order valence-corrected chi connectivity index (χ1v) is 5.79. The molecule has 86 valence electrons. The quantitative estimate of drug-likeness (QED) is 0.794. The lowest BCUT2D eigenvalue weighted by molar-refractivity contribution is 0.149. The first-order chi connectivity index (χ1) is 7.79. The molecular weight excluding hydrogens is 228 g/mol. The Morgan fingerprint density at radius 2 is 2.38 bits per heavy atom. The summed E-state index contributed by atoms with van der Waals surface area (Å²) in [5, 5.41) is 6.11. The molecule has 0 saturated carbocycles. The van der Waals surface area contributed by atoms with Crippen molar-refractivity contribution in [3.63, 3.8) is 0 Å². The van der Waals surface area contributed by atoms with Gasteiger partial charge in [-0.2, -0.15) is 4.98 Å². The monoisotopic (exact) mass is 240 g/mol. The van der Waals surface area contributed by atoms with E-state index in [2.05, 4.69) is 15.1 Å². The molecule has 0 spiro atoms. The largest absolute Gasteiger partial charge is 0.381 e. The summed E-state index contributed by atoms with van der Waals surface area (Å²) in [6.07, 6.45) is 0.636. The van der Waals surface area contributed by atoms with E-state index < -0.39 is 0 Å². The zero-order chi connectivity index (χ0) is 11.4. The van der Waals surface area contributed by atoms with E-state index in [1.165, 1.54) is 11.3 Å². The number of nitrogens with two attached hydrogens (primary N) is 1. The Labute approximate surface area is 96.4 Å². The van der Waals surface area contributed by atoms with Crippen LogP contribution in [-0.4, -0.2) is 28.3 Å². The van der Waals surface area contributed by atoms with Gasteiger partial charge in [0.1, 0.15) is 5.69 Å². The van der Waals surface area contributed by atoms with Crippen LogP contribution in [0.25, 0.3) is 11.6 Å². The van der Waals surface area contributed by atoms with Crippen molar-refractivity contribution in [2.24, 2.45) is 0 Å². The van der Waals surface area contributed by atoms with Crippen LogP contribution < -0.4 is 5.73 Å². The predicted octanol–water partition coefficient (Wildman–Crippen LogP) is 1.35. The van der Waals surface area contributed by atoms with Crippen LogP contribution in [0.4, 0.5) is 5.13 Å². The number of ether oxygens (including phenoxy) is 1. The van der Waals surface area contributed by atoms with Gasteiger partial charge in [0.25, 0.3) is 5.89 Å². The smallest absolute Gasteiger partial charge is 0.277 e. The lowest BCUT2D eigenvalue weighted by Crippen LogP contribution is -1.99.